The molecule has 0 bridgehead atoms. The largest absolute Gasteiger partial charge is 0.327 e. The first-order chi connectivity index (χ1) is 10.8. The molecule has 1 saturated heterocycles. The number of anilines is 1. The molecule has 1 amide bonds. The first-order valence-electron chi connectivity index (χ1n) is 7.59. The Morgan fingerprint density at radius 2 is 2.12 bits per heavy atom. The van der Waals surface area contributed by atoms with Gasteiger partial charge in [-0.3, -0.25) is 9.69 Å². The van der Waals surface area contributed by atoms with Gasteiger partial charge in [0, 0.05) is 24.0 Å². The summed E-state index contributed by atoms with van der Waals surface area (Å²) >= 11 is 0.435. The standard InChI is InChI=1S/C16H23F2N3OS.ClH/c1-16(2)10-21(8-7-13(16)19)9-14(22)20-11-5-3-4-6-12(11)23-15(17)18;/h3-6,13,15H,7-10,19H2,1-2H3,(H,20,22);1H. The highest BCUT2D eigenvalue weighted by molar-refractivity contribution is 7.99. The van der Waals surface area contributed by atoms with Crippen molar-refractivity contribution >= 4 is 35.8 Å². The maximum Gasteiger partial charge on any atom is 0.288 e. The first-order valence-corrected chi connectivity index (χ1v) is 8.47. The van der Waals surface area contributed by atoms with E-state index in [1.807, 2.05) is 0 Å². The molecule has 1 fully saturated rings. The molecule has 1 aromatic rings. The van der Waals surface area contributed by atoms with Gasteiger partial charge in [0.1, 0.15) is 0 Å². The van der Waals surface area contributed by atoms with Crippen molar-refractivity contribution in [1.82, 2.24) is 4.90 Å². The van der Waals surface area contributed by atoms with Gasteiger partial charge in [0.2, 0.25) is 5.91 Å². The number of carbonyl (C=O) groups is 1. The topological polar surface area (TPSA) is 58.4 Å². The molecular weight excluding hydrogens is 356 g/mol. The van der Waals surface area contributed by atoms with Crippen molar-refractivity contribution in [2.45, 2.75) is 37.0 Å². The zero-order chi connectivity index (χ0) is 17.0. The zero-order valence-corrected chi connectivity index (χ0v) is 15.4. The number of para-hydroxylation sites is 1. The van der Waals surface area contributed by atoms with E-state index in [9.17, 15) is 13.6 Å². The number of nitrogens with two attached hydrogens (primary N) is 1. The van der Waals surface area contributed by atoms with E-state index in [1.165, 1.54) is 0 Å². The Bertz CT molecular complexity index is 560. The Kier molecular flexibility index (Phi) is 7.92. The van der Waals surface area contributed by atoms with Crippen LogP contribution in [-0.4, -0.2) is 42.2 Å². The molecule has 1 atom stereocenters. The van der Waals surface area contributed by atoms with E-state index in [4.69, 9.17) is 5.73 Å². The van der Waals surface area contributed by atoms with Gasteiger partial charge in [-0.05, 0) is 24.0 Å². The fraction of sp³-hybridized carbons (Fsp3) is 0.562. The van der Waals surface area contributed by atoms with Crippen molar-refractivity contribution in [1.29, 1.82) is 0 Å². The van der Waals surface area contributed by atoms with Crippen molar-refractivity contribution in [2.24, 2.45) is 11.1 Å². The summed E-state index contributed by atoms with van der Waals surface area (Å²) in [7, 11) is 0. The molecule has 4 nitrogen and oxygen atoms in total. The number of nitrogens with one attached hydrogen (secondary N) is 1. The normalized spacial score (nSPS) is 20.5. The second-order valence-electron chi connectivity index (χ2n) is 6.52. The van der Waals surface area contributed by atoms with Crippen LogP contribution in [0.3, 0.4) is 0 Å². The lowest BCUT2D eigenvalue weighted by Gasteiger charge is -2.42. The molecule has 1 aliphatic heterocycles. The maximum absolute atomic E-state index is 12.6. The molecule has 24 heavy (non-hydrogen) atoms. The maximum atomic E-state index is 12.6. The number of benzene rings is 1. The molecule has 0 spiro atoms. The Morgan fingerprint density at radius 3 is 2.75 bits per heavy atom. The highest BCUT2D eigenvalue weighted by atomic mass is 35.5. The number of alkyl halides is 2. The SMILES string of the molecule is CC1(C)CN(CC(=O)Nc2ccccc2SC(F)F)CCC1N.Cl. The van der Waals surface area contributed by atoms with Gasteiger partial charge in [-0.2, -0.15) is 8.78 Å². The van der Waals surface area contributed by atoms with Crippen molar-refractivity contribution in [3.05, 3.63) is 24.3 Å². The van der Waals surface area contributed by atoms with Crippen molar-refractivity contribution < 1.29 is 13.6 Å². The summed E-state index contributed by atoms with van der Waals surface area (Å²) in [6.07, 6.45) is 0.845. The zero-order valence-electron chi connectivity index (χ0n) is 13.8. The number of hydrogen-bond acceptors (Lipinski definition) is 4. The first kappa shape index (κ1) is 21.2. The number of hydrogen-bond donors (Lipinski definition) is 2. The average Bonchev–Trinajstić information content (AvgIpc) is 2.44. The predicted molar refractivity (Wildman–Crippen MR) is 97.0 cm³/mol. The van der Waals surface area contributed by atoms with Gasteiger partial charge in [-0.1, -0.05) is 37.7 Å². The smallest absolute Gasteiger partial charge is 0.288 e. The van der Waals surface area contributed by atoms with Gasteiger partial charge >= 0.3 is 0 Å². The molecule has 136 valence electrons. The number of likely N-dealkylation sites (tertiary alicyclic amines) is 1. The van der Waals surface area contributed by atoms with E-state index in [0.29, 0.717) is 22.3 Å². The average molecular weight is 380 g/mol. The van der Waals surface area contributed by atoms with Crippen LogP contribution in [0.25, 0.3) is 0 Å². The second-order valence-corrected chi connectivity index (χ2v) is 7.55. The van der Waals surface area contributed by atoms with E-state index in [2.05, 4.69) is 24.1 Å². The molecule has 8 heteroatoms. The quantitative estimate of drug-likeness (QED) is 0.769. The highest BCUT2D eigenvalue weighted by Gasteiger charge is 2.33. The third-order valence-electron chi connectivity index (χ3n) is 4.14. The van der Waals surface area contributed by atoms with Gasteiger partial charge < -0.3 is 11.1 Å². The number of thioether (sulfide) groups is 1. The molecule has 2 rings (SSSR count). The summed E-state index contributed by atoms with van der Waals surface area (Å²) in [5.41, 5.74) is 6.48. The van der Waals surface area contributed by atoms with Crippen LogP contribution in [0.5, 0.6) is 0 Å². The number of nitrogens with zero attached hydrogens (tertiary/aromatic N) is 1. The molecule has 0 radical (unpaired) electrons. The summed E-state index contributed by atoms with van der Waals surface area (Å²) in [6, 6.07) is 6.74. The molecular formula is C16H24ClF2N3OS. The minimum absolute atomic E-state index is 0. The van der Waals surface area contributed by atoms with Crippen LogP contribution in [-0.2, 0) is 4.79 Å². The fourth-order valence-corrected chi connectivity index (χ4v) is 3.38. The minimum atomic E-state index is -2.52. The Labute approximate surface area is 151 Å². The van der Waals surface area contributed by atoms with Gasteiger partial charge in [0.25, 0.3) is 5.76 Å². The number of halogens is 3. The van der Waals surface area contributed by atoms with Crippen molar-refractivity contribution in [3.8, 4) is 0 Å². The fourth-order valence-electron chi connectivity index (χ4n) is 2.78. The van der Waals surface area contributed by atoms with Crippen molar-refractivity contribution in [3.63, 3.8) is 0 Å². The molecule has 0 aromatic heterocycles. The van der Waals surface area contributed by atoms with Crippen LogP contribution in [0.15, 0.2) is 29.2 Å². The van der Waals surface area contributed by atoms with E-state index in [-0.39, 0.29) is 36.3 Å². The number of amides is 1. The van der Waals surface area contributed by atoms with E-state index < -0.39 is 5.76 Å². The van der Waals surface area contributed by atoms with Gasteiger partial charge in [0.15, 0.2) is 0 Å². The third kappa shape index (κ3) is 5.88. The molecule has 0 aliphatic carbocycles. The van der Waals surface area contributed by atoms with Crippen LogP contribution < -0.4 is 11.1 Å². The van der Waals surface area contributed by atoms with Gasteiger partial charge in [0.05, 0.1) is 12.2 Å². The number of carbonyl (C=O) groups excluding carboxylic acids is 1. The molecule has 3 N–H and O–H groups in total. The molecule has 0 saturated carbocycles. The number of rotatable bonds is 5. The summed E-state index contributed by atoms with van der Waals surface area (Å²) in [4.78, 5) is 14.7. The third-order valence-corrected chi connectivity index (χ3v) is 4.92. The van der Waals surface area contributed by atoms with Gasteiger partial charge in [-0.25, -0.2) is 0 Å². The summed E-state index contributed by atoms with van der Waals surface area (Å²) in [5, 5.41) is 2.74. The molecule has 1 heterocycles. The lowest BCUT2D eigenvalue weighted by Crippen LogP contribution is -2.53. The summed E-state index contributed by atoms with van der Waals surface area (Å²) < 4.78 is 25.1. The van der Waals surface area contributed by atoms with Crippen LogP contribution in [0.1, 0.15) is 20.3 Å². The predicted octanol–water partition coefficient (Wildman–Crippen LogP) is 3.42. The van der Waals surface area contributed by atoms with Gasteiger partial charge in [-0.15, -0.1) is 12.4 Å². The van der Waals surface area contributed by atoms with E-state index >= 15 is 0 Å². The van der Waals surface area contributed by atoms with Crippen LogP contribution in [0.4, 0.5) is 14.5 Å². The Morgan fingerprint density at radius 1 is 1.46 bits per heavy atom. The summed E-state index contributed by atoms with van der Waals surface area (Å²) in [5.74, 6) is -2.71. The molecule has 1 unspecified atom stereocenters. The van der Waals surface area contributed by atoms with Crippen molar-refractivity contribution in [2.75, 3.05) is 25.0 Å². The van der Waals surface area contributed by atoms with E-state index in [1.54, 1.807) is 24.3 Å². The van der Waals surface area contributed by atoms with Crippen LogP contribution >= 0.6 is 24.2 Å². The molecule has 1 aromatic carbocycles. The molecule has 1 aliphatic rings. The minimum Gasteiger partial charge on any atom is -0.327 e. The van der Waals surface area contributed by atoms with Crippen LogP contribution in [0, 0.1) is 5.41 Å². The Balaban J connectivity index is 0.00000288. The monoisotopic (exact) mass is 379 g/mol. The lowest BCUT2D eigenvalue weighted by molar-refractivity contribution is -0.118. The second kappa shape index (κ2) is 8.99. The van der Waals surface area contributed by atoms with Crippen LogP contribution in [0.2, 0.25) is 0 Å². The van der Waals surface area contributed by atoms with E-state index in [0.717, 1.165) is 19.5 Å². The summed E-state index contributed by atoms with van der Waals surface area (Å²) in [6.45, 7) is 5.94. The Hall–Kier alpha value is -0.890. The highest BCUT2D eigenvalue weighted by Crippen LogP contribution is 2.32. The lowest BCUT2D eigenvalue weighted by atomic mass is 9.80. The number of piperidine rings is 1.